The van der Waals surface area contributed by atoms with Gasteiger partial charge in [-0.25, -0.2) is 4.79 Å². The average Bonchev–Trinajstić information content (AvgIpc) is 2.64. The summed E-state index contributed by atoms with van der Waals surface area (Å²) in [6.45, 7) is 5.84. The van der Waals surface area contributed by atoms with Crippen molar-refractivity contribution in [2.45, 2.75) is 70.6 Å². The molecule has 0 radical (unpaired) electrons. The van der Waals surface area contributed by atoms with Crippen LogP contribution >= 0.6 is 0 Å². The van der Waals surface area contributed by atoms with E-state index in [0.29, 0.717) is 13.0 Å². The summed E-state index contributed by atoms with van der Waals surface area (Å²) in [4.78, 5) is 38.9. The SMILES string of the molecule is CC(C)(C)OC(=O)NC1CCCN(CC(=O)NC2CCCc3ccccc32)C1=O. The Labute approximate surface area is 172 Å². The van der Waals surface area contributed by atoms with Gasteiger partial charge in [-0.1, -0.05) is 24.3 Å². The van der Waals surface area contributed by atoms with E-state index in [1.54, 1.807) is 20.8 Å². The molecule has 7 nitrogen and oxygen atoms in total. The first-order valence-corrected chi connectivity index (χ1v) is 10.4. The van der Waals surface area contributed by atoms with Crippen molar-refractivity contribution in [1.82, 2.24) is 15.5 Å². The summed E-state index contributed by atoms with van der Waals surface area (Å²) in [6.07, 6.45) is 3.63. The maximum atomic E-state index is 12.7. The van der Waals surface area contributed by atoms with Crippen molar-refractivity contribution in [2.75, 3.05) is 13.1 Å². The molecule has 7 heteroatoms. The van der Waals surface area contributed by atoms with Gasteiger partial charge in [-0.05, 0) is 64.0 Å². The lowest BCUT2D eigenvalue weighted by atomic mass is 9.88. The Morgan fingerprint density at radius 2 is 1.83 bits per heavy atom. The number of alkyl carbamates (subject to hydrolysis) is 1. The van der Waals surface area contributed by atoms with E-state index in [2.05, 4.69) is 22.8 Å². The molecule has 0 bridgehead atoms. The van der Waals surface area contributed by atoms with Gasteiger partial charge in [0.05, 0.1) is 12.6 Å². The monoisotopic (exact) mass is 401 g/mol. The van der Waals surface area contributed by atoms with Crippen LogP contribution in [0.25, 0.3) is 0 Å². The van der Waals surface area contributed by atoms with Crippen LogP contribution in [0.3, 0.4) is 0 Å². The van der Waals surface area contributed by atoms with Crippen LogP contribution in [-0.2, 0) is 20.7 Å². The lowest BCUT2D eigenvalue weighted by molar-refractivity contribution is -0.140. The van der Waals surface area contributed by atoms with E-state index >= 15 is 0 Å². The molecule has 1 heterocycles. The molecule has 0 aromatic heterocycles. The van der Waals surface area contributed by atoms with Gasteiger partial charge in [-0.3, -0.25) is 9.59 Å². The molecule has 1 aromatic carbocycles. The van der Waals surface area contributed by atoms with Crippen molar-refractivity contribution in [3.05, 3.63) is 35.4 Å². The zero-order chi connectivity index (χ0) is 21.0. The number of benzene rings is 1. The maximum Gasteiger partial charge on any atom is 0.408 e. The standard InChI is InChI=1S/C22H31N3O4/c1-22(2,3)29-21(28)24-18-12-7-13-25(20(18)27)14-19(26)23-17-11-6-9-15-8-4-5-10-16(15)17/h4-5,8,10,17-18H,6-7,9,11-14H2,1-3H3,(H,23,26)(H,24,28). The van der Waals surface area contributed by atoms with Gasteiger partial charge in [0.15, 0.2) is 0 Å². The van der Waals surface area contributed by atoms with E-state index in [9.17, 15) is 14.4 Å². The summed E-state index contributed by atoms with van der Waals surface area (Å²) in [5.41, 5.74) is 1.82. The molecule has 29 heavy (non-hydrogen) atoms. The molecule has 2 N–H and O–H groups in total. The number of rotatable bonds is 4. The fraction of sp³-hybridized carbons (Fsp3) is 0.591. The van der Waals surface area contributed by atoms with E-state index in [0.717, 1.165) is 25.7 Å². The van der Waals surface area contributed by atoms with Gasteiger partial charge in [0.1, 0.15) is 11.6 Å². The van der Waals surface area contributed by atoms with Crippen LogP contribution in [0.1, 0.15) is 63.6 Å². The van der Waals surface area contributed by atoms with Crippen LogP contribution in [0.2, 0.25) is 0 Å². The number of hydrogen-bond acceptors (Lipinski definition) is 4. The second-order valence-electron chi connectivity index (χ2n) is 8.81. The molecule has 1 aromatic rings. The summed E-state index contributed by atoms with van der Waals surface area (Å²) in [7, 11) is 0. The highest BCUT2D eigenvalue weighted by atomic mass is 16.6. The number of hydrogen-bond donors (Lipinski definition) is 2. The fourth-order valence-electron chi connectivity index (χ4n) is 4.00. The van der Waals surface area contributed by atoms with E-state index in [-0.39, 0.29) is 24.4 Å². The van der Waals surface area contributed by atoms with Crippen molar-refractivity contribution < 1.29 is 19.1 Å². The summed E-state index contributed by atoms with van der Waals surface area (Å²) in [6, 6.07) is 7.52. The molecule has 2 aliphatic rings. The van der Waals surface area contributed by atoms with Gasteiger partial charge in [0, 0.05) is 6.54 Å². The highest BCUT2D eigenvalue weighted by Gasteiger charge is 2.32. The van der Waals surface area contributed by atoms with Gasteiger partial charge in [-0.2, -0.15) is 0 Å². The zero-order valence-electron chi connectivity index (χ0n) is 17.5. The van der Waals surface area contributed by atoms with Crippen molar-refractivity contribution >= 4 is 17.9 Å². The zero-order valence-corrected chi connectivity index (χ0v) is 17.5. The summed E-state index contributed by atoms with van der Waals surface area (Å²) < 4.78 is 5.24. The van der Waals surface area contributed by atoms with Gasteiger partial charge in [-0.15, -0.1) is 0 Å². The summed E-state index contributed by atoms with van der Waals surface area (Å²) in [5.74, 6) is -0.403. The third kappa shape index (κ3) is 5.71. The van der Waals surface area contributed by atoms with Gasteiger partial charge < -0.3 is 20.3 Å². The third-order valence-corrected chi connectivity index (χ3v) is 5.26. The minimum Gasteiger partial charge on any atom is -0.444 e. The highest BCUT2D eigenvalue weighted by molar-refractivity contribution is 5.90. The lowest BCUT2D eigenvalue weighted by Crippen LogP contribution is -2.55. The number of carbonyl (C=O) groups is 3. The molecule has 1 aliphatic carbocycles. The van der Waals surface area contributed by atoms with Crippen LogP contribution in [0.15, 0.2) is 24.3 Å². The topological polar surface area (TPSA) is 87.7 Å². The molecule has 2 atom stereocenters. The molecule has 2 unspecified atom stereocenters. The largest absolute Gasteiger partial charge is 0.444 e. The molecule has 3 rings (SSSR count). The molecule has 3 amide bonds. The smallest absolute Gasteiger partial charge is 0.408 e. The van der Waals surface area contributed by atoms with Crippen LogP contribution in [0, 0.1) is 0 Å². The molecule has 1 fully saturated rings. The minimum atomic E-state index is -0.651. The van der Waals surface area contributed by atoms with E-state index in [1.807, 2.05) is 12.1 Å². The number of nitrogens with one attached hydrogen (secondary N) is 2. The Hall–Kier alpha value is -2.57. The van der Waals surface area contributed by atoms with Gasteiger partial charge >= 0.3 is 6.09 Å². The van der Waals surface area contributed by atoms with Gasteiger partial charge in [0.25, 0.3) is 0 Å². The molecule has 1 aliphatic heterocycles. The quantitative estimate of drug-likeness (QED) is 0.812. The van der Waals surface area contributed by atoms with Crippen LogP contribution < -0.4 is 10.6 Å². The molecular weight excluding hydrogens is 370 g/mol. The van der Waals surface area contributed by atoms with Crippen molar-refractivity contribution in [1.29, 1.82) is 0 Å². The number of aryl methyl sites for hydroxylation is 1. The first-order chi connectivity index (χ1) is 13.7. The molecule has 0 saturated carbocycles. The van der Waals surface area contributed by atoms with Crippen LogP contribution in [0.5, 0.6) is 0 Å². The Morgan fingerprint density at radius 3 is 2.59 bits per heavy atom. The minimum absolute atomic E-state index is 0.00397. The Bertz CT molecular complexity index is 772. The van der Waals surface area contributed by atoms with E-state index in [4.69, 9.17) is 4.74 Å². The number of fused-ring (bicyclic) bond motifs is 1. The normalized spacial score (nSPS) is 21.9. The summed E-state index contributed by atoms with van der Waals surface area (Å²) >= 11 is 0. The predicted molar refractivity (Wildman–Crippen MR) is 109 cm³/mol. The Kier molecular flexibility index (Phi) is 6.45. The lowest BCUT2D eigenvalue weighted by Gasteiger charge is -2.33. The van der Waals surface area contributed by atoms with Crippen LogP contribution in [0.4, 0.5) is 4.79 Å². The van der Waals surface area contributed by atoms with E-state index in [1.165, 1.54) is 16.0 Å². The molecule has 1 saturated heterocycles. The number of likely N-dealkylation sites (tertiary alicyclic amines) is 1. The number of nitrogens with zero attached hydrogens (tertiary/aromatic N) is 1. The molecular formula is C22H31N3O4. The average molecular weight is 402 g/mol. The third-order valence-electron chi connectivity index (χ3n) is 5.26. The highest BCUT2D eigenvalue weighted by Crippen LogP contribution is 2.29. The Balaban J connectivity index is 1.55. The fourth-order valence-corrected chi connectivity index (χ4v) is 4.00. The molecule has 0 spiro atoms. The first kappa shape index (κ1) is 21.1. The van der Waals surface area contributed by atoms with Crippen molar-refractivity contribution in [3.63, 3.8) is 0 Å². The second-order valence-corrected chi connectivity index (χ2v) is 8.81. The predicted octanol–water partition coefficient (Wildman–Crippen LogP) is 2.70. The Morgan fingerprint density at radius 1 is 1.10 bits per heavy atom. The number of amides is 3. The second kappa shape index (κ2) is 8.84. The van der Waals surface area contributed by atoms with Gasteiger partial charge in [0.2, 0.25) is 11.8 Å². The number of ether oxygens (including phenoxy) is 1. The number of carbonyl (C=O) groups excluding carboxylic acids is 3. The number of piperidine rings is 1. The summed E-state index contributed by atoms with van der Waals surface area (Å²) in [5, 5.41) is 5.72. The first-order valence-electron chi connectivity index (χ1n) is 10.4. The van der Waals surface area contributed by atoms with E-state index < -0.39 is 17.7 Å². The molecule has 158 valence electrons. The van der Waals surface area contributed by atoms with Crippen LogP contribution in [-0.4, -0.2) is 47.5 Å². The maximum absolute atomic E-state index is 12.7. The van der Waals surface area contributed by atoms with Crippen molar-refractivity contribution in [2.24, 2.45) is 0 Å². The van der Waals surface area contributed by atoms with Crippen molar-refractivity contribution in [3.8, 4) is 0 Å².